The second-order valence-corrected chi connectivity index (χ2v) is 5.59. The Hall–Kier alpha value is -1.95. The zero-order chi connectivity index (χ0) is 14.9. The lowest BCUT2D eigenvalue weighted by Crippen LogP contribution is -2.54. The fraction of sp³-hybridized carbons (Fsp3) is 0.533. The van der Waals surface area contributed by atoms with Crippen LogP contribution in [0.2, 0.25) is 0 Å². The molecule has 1 saturated carbocycles. The average molecular weight is 290 g/mol. The summed E-state index contributed by atoms with van der Waals surface area (Å²) in [6, 6.07) is 2.41. The Morgan fingerprint density at radius 1 is 1.33 bits per heavy atom. The average Bonchev–Trinajstić information content (AvgIpc) is 2.87. The second-order valence-electron chi connectivity index (χ2n) is 5.59. The predicted molar refractivity (Wildman–Crippen MR) is 73.6 cm³/mol. The third-order valence-electron chi connectivity index (χ3n) is 4.31. The number of hydrogen-bond acceptors (Lipinski definition) is 4. The van der Waals surface area contributed by atoms with E-state index >= 15 is 0 Å². The standard InChI is InChI=1S/C15H18N2O4/c18-13(11-5-4-8-16-9-11)17-12(14(19)20)10-21-15(17)6-2-1-3-7-15/h4-5,8-9,12H,1-3,6-7,10H2,(H,19,20)/t12-/m0/s1. The highest BCUT2D eigenvalue weighted by atomic mass is 16.5. The van der Waals surface area contributed by atoms with Crippen molar-refractivity contribution in [2.45, 2.75) is 43.9 Å². The summed E-state index contributed by atoms with van der Waals surface area (Å²) in [6.07, 6.45) is 7.44. The lowest BCUT2D eigenvalue weighted by atomic mass is 9.89. The Kier molecular flexibility index (Phi) is 3.63. The van der Waals surface area contributed by atoms with Crippen molar-refractivity contribution in [3.63, 3.8) is 0 Å². The number of carboxylic acids is 1. The summed E-state index contributed by atoms with van der Waals surface area (Å²) < 4.78 is 5.81. The predicted octanol–water partition coefficient (Wildman–Crippen LogP) is 1.67. The van der Waals surface area contributed by atoms with E-state index in [1.165, 1.54) is 11.1 Å². The van der Waals surface area contributed by atoms with Crippen LogP contribution in [-0.2, 0) is 9.53 Å². The van der Waals surface area contributed by atoms with Crippen molar-refractivity contribution in [1.82, 2.24) is 9.88 Å². The van der Waals surface area contributed by atoms with Gasteiger partial charge < -0.3 is 9.84 Å². The summed E-state index contributed by atoms with van der Waals surface area (Å²) in [4.78, 5) is 29.6. The van der Waals surface area contributed by atoms with Gasteiger partial charge in [0.1, 0.15) is 5.72 Å². The molecule has 6 nitrogen and oxygen atoms in total. The molecule has 1 aromatic heterocycles. The molecule has 1 saturated heterocycles. The number of hydrogen-bond donors (Lipinski definition) is 1. The van der Waals surface area contributed by atoms with E-state index in [4.69, 9.17) is 4.74 Å². The molecule has 2 aliphatic rings. The van der Waals surface area contributed by atoms with Crippen LogP contribution in [0, 0.1) is 0 Å². The van der Waals surface area contributed by atoms with Crippen molar-refractivity contribution in [3.05, 3.63) is 30.1 Å². The lowest BCUT2D eigenvalue weighted by Gasteiger charge is -2.41. The molecule has 1 amide bonds. The van der Waals surface area contributed by atoms with Gasteiger partial charge in [-0.05, 0) is 37.8 Å². The number of aromatic nitrogens is 1. The van der Waals surface area contributed by atoms with Crippen LogP contribution in [0.4, 0.5) is 0 Å². The zero-order valence-electron chi connectivity index (χ0n) is 11.7. The number of rotatable bonds is 2. The molecule has 112 valence electrons. The molecule has 2 fully saturated rings. The fourth-order valence-electron chi connectivity index (χ4n) is 3.29. The smallest absolute Gasteiger partial charge is 0.328 e. The van der Waals surface area contributed by atoms with Crippen LogP contribution in [0.1, 0.15) is 42.5 Å². The number of nitrogens with zero attached hydrogens (tertiary/aromatic N) is 2. The molecule has 1 aliphatic carbocycles. The molecule has 0 bridgehead atoms. The minimum atomic E-state index is -1.02. The first-order chi connectivity index (χ1) is 10.1. The third kappa shape index (κ3) is 2.40. The molecule has 1 N–H and O–H groups in total. The number of carboxylic acid groups (broad SMARTS) is 1. The Bertz CT molecular complexity index is 540. The third-order valence-corrected chi connectivity index (χ3v) is 4.31. The van der Waals surface area contributed by atoms with E-state index in [1.54, 1.807) is 18.3 Å². The van der Waals surface area contributed by atoms with Gasteiger partial charge in [0.25, 0.3) is 5.91 Å². The summed E-state index contributed by atoms with van der Waals surface area (Å²) in [7, 11) is 0. The number of carbonyl (C=O) groups excluding carboxylic acids is 1. The highest BCUT2D eigenvalue weighted by Gasteiger charge is 2.53. The number of amides is 1. The van der Waals surface area contributed by atoms with Crippen molar-refractivity contribution in [1.29, 1.82) is 0 Å². The summed E-state index contributed by atoms with van der Waals surface area (Å²) >= 11 is 0. The highest BCUT2D eigenvalue weighted by Crippen LogP contribution is 2.41. The van der Waals surface area contributed by atoms with E-state index in [2.05, 4.69) is 4.98 Å². The minimum absolute atomic E-state index is 0.0569. The Balaban J connectivity index is 1.96. The number of carbonyl (C=O) groups is 2. The summed E-state index contributed by atoms with van der Waals surface area (Å²) in [5.74, 6) is -1.33. The topological polar surface area (TPSA) is 79.7 Å². The van der Waals surface area contributed by atoms with Crippen molar-refractivity contribution in [2.24, 2.45) is 0 Å². The van der Waals surface area contributed by atoms with Crippen LogP contribution < -0.4 is 0 Å². The lowest BCUT2D eigenvalue weighted by molar-refractivity contribution is -0.143. The quantitative estimate of drug-likeness (QED) is 0.896. The van der Waals surface area contributed by atoms with E-state index < -0.39 is 17.7 Å². The summed E-state index contributed by atoms with van der Waals surface area (Å²) in [6.45, 7) is 0.0569. The van der Waals surface area contributed by atoms with Gasteiger partial charge >= 0.3 is 5.97 Å². The minimum Gasteiger partial charge on any atom is -0.480 e. The first-order valence-corrected chi connectivity index (χ1v) is 7.24. The molecule has 2 heterocycles. The van der Waals surface area contributed by atoms with Gasteiger partial charge in [0.15, 0.2) is 6.04 Å². The number of ether oxygens (including phenoxy) is 1. The number of aliphatic carboxylic acids is 1. The molecular formula is C15H18N2O4. The Morgan fingerprint density at radius 2 is 2.10 bits per heavy atom. The van der Waals surface area contributed by atoms with E-state index in [0.717, 1.165) is 19.3 Å². The van der Waals surface area contributed by atoms with Gasteiger partial charge in [-0.1, -0.05) is 6.42 Å². The molecule has 1 aromatic rings. The van der Waals surface area contributed by atoms with Crippen LogP contribution in [0.5, 0.6) is 0 Å². The van der Waals surface area contributed by atoms with Crippen LogP contribution in [0.15, 0.2) is 24.5 Å². The van der Waals surface area contributed by atoms with Crippen LogP contribution in [0.3, 0.4) is 0 Å². The molecule has 1 spiro atoms. The van der Waals surface area contributed by atoms with E-state index in [0.29, 0.717) is 18.4 Å². The van der Waals surface area contributed by atoms with Gasteiger partial charge in [-0.2, -0.15) is 0 Å². The molecule has 0 aromatic carbocycles. The number of pyridine rings is 1. The zero-order valence-corrected chi connectivity index (χ0v) is 11.7. The van der Waals surface area contributed by atoms with Crippen molar-refractivity contribution in [3.8, 4) is 0 Å². The summed E-state index contributed by atoms with van der Waals surface area (Å²) in [5, 5.41) is 9.40. The first kappa shape index (κ1) is 14.0. The maximum Gasteiger partial charge on any atom is 0.328 e. The molecule has 1 aliphatic heterocycles. The van der Waals surface area contributed by atoms with Gasteiger partial charge in [0, 0.05) is 12.4 Å². The van der Waals surface area contributed by atoms with Gasteiger partial charge in [-0.15, -0.1) is 0 Å². The van der Waals surface area contributed by atoms with E-state index in [9.17, 15) is 14.7 Å². The van der Waals surface area contributed by atoms with Crippen LogP contribution in [0.25, 0.3) is 0 Å². The van der Waals surface area contributed by atoms with Crippen molar-refractivity contribution < 1.29 is 19.4 Å². The van der Waals surface area contributed by atoms with Gasteiger partial charge in [-0.3, -0.25) is 14.7 Å². The fourth-order valence-corrected chi connectivity index (χ4v) is 3.29. The Morgan fingerprint density at radius 3 is 2.71 bits per heavy atom. The van der Waals surface area contributed by atoms with Gasteiger partial charge in [0.2, 0.25) is 0 Å². The van der Waals surface area contributed by atoms with Gasteiger partial charge in [-0.25, -0.2) is 4.79 Å². The summed E-state index contributed by atoms with van der Waals surface area (Å²) in [5.41, 5.74) is -0.354. The highest BCUT2D eigenvalue weighted by molar-refractivity contribution is 5.97. The van der Waals surface area contributed by atoms with Crippen molar-refractivity contribution >= 4 is 11.9 Å². The molecule has 1 atom stereocenters. The molecule has 6 heteroatoms. The molecule has 21 heavy (non-hydrogen) atoms. The first-order valence-electron chi connectivity index (χ1n) is 7.24. The molecule has 3 rings (SSSR count). The Labute approximate surface area is 122 Å². The normalized spacial score (nSPS) is 24.2. The van der Waals surface area contributed by atoms with Crippen molar-refractivity contribution in [2.75, 3.05) is 6.61 Å². The maximum absolute atomic E-state index is 12.8. The SMILES string of the molecule is O=C(O)[C@@H]1COC2(CCCCC2)N1C(=O)c1cccnc1. The molecule has 0 radical (unpaired) electrons. The van der Waals surface area contributed by atoms with E-state index in [1.807, 2.05) is 0 Å². The molecule has 0 unspecified atom stereocenters. The van der Waals surface area contributed by atoms with Gasteiger partial charge in [0.05, 0.1) is 12.2 Å². The van der Waals surface area contributed by atoms with Crippen LogP contribution in [-0.4, -0.2) is 45.2 Å². The van der Waals surface area contributed by atoms with Crippen LogP contribution >= 0.6 is 0 Å². The van der Waals surface area contributed by atoms with E-state index in [-0.39, 0.29) is 12.5 Å². The second kappa shape index (κ2) is 5.44. The monoisotopic (exact) mass is 290 g/mol. The largest absolute Gasteiger partial charge is 0.480 e. The molecular weight excluding hydrogens is 272 g/mol. The maximum atomic E-state index is 12.8.